The Labute approximate surface area is 138 Å². The molecule has 130 valence electrons. The number of rotatable bonds is 5. The second-order valence-electron chi connectivity index (χ2n) is 4.87. The van der Waals surface area contributed by atoms with Crippen LogP contribution in [0.4, 0.5) is 8.78 Å². The van der Waals surface area contributed by atoms with Gasteiger partial charge in [0, 0.05) is 5.56 Å². The molecule has 1 aliphatic rings. The third-order valence-corrected chi connectivity index (χ3v) is 5.28. The number of oxime groups is 1. The van der Waals surface area contributed by atoms with Crippen molar-refractivity contribution < 1.29 is 27.4 Å². The van der Waals surface area contributed by atoms with Crippen LogP contribution < -0.4 is 0 Å². The van der Waals surface area contributed by atoms with Crippen LogP contribution in [0.2, 0.25) is 0 Å². The van der Waals surface area contributed by atoms with Gasteiger partial charge in [-0.25, -0.2) is 17.4 Å². The molecule has 1 heterocycles. The van der Waals surface area contributed by atoms with Crippen LogP contribution in [0.25, 0.3) is 0 Å². The molecule has 1 aliphatic heterocycles. The molecule has 0 saturated heterocycles. The Morgan fingerprint density at radius 2 is 2.12 bits per heavy atom. The summed E-state index contributed by atoms with van der Waals surface area (Å²) in [5, 5.41) is 3.60. The van der Waals surface area contributed by atoms with Crippen LogP contribution in [-0.2, 0) is 29.9 Å². The van der Waals surface area contributed by atoms with E-state index in [0.717, 1.165) is 12.1 Å². The SMILES string of the molecule is C=C1CC(S(=O)(Cc2c(F)cccc2F)=NCC(=O)OCC)=NO1. The van der Waals surface area contributed by atoms with Crippen molar-refractivity contribution in [2.75, 3.05) is 13.2 Å². The van der Waals surface area contributed by atoms with Crippen molar-refractivity contribution in [3.05, 3.63) is 47.7 Å². The minimum Gasteiger partial charge on any atom is -0.465 e. The summed E-state index contributed by atoms with van der Waals surface area (Å²) < 4.78 is 49.5. The van der Waals surface area contributed by atoms with E-state index in [9.17, 15) is 17.8 Å². The van der Waals surface area contributed by atoms with Gasteiger partial charge in [0.25, 0.3) is 0 Å². The van der Waals surface area contributed by atoms with Crippen LogP contribution in [0, 0.1) is 11.6 Å². The average Bonchev–Trinajstić information content (AvgIpc) is 2.97. The number of benzene rings is 1. The van der Waals surface area contributed by atoms with Gasteiger partial charge in [-0.3, -0.25) is 4.79 Å². The van der Waals surface area contributed by atoms with Gasteiger partial charge in [-0.05, 0) is 19.1 Å². The summed E-state index contributed by atoms with van der Waals surface area (Å²) in [5.74, 6) is -2.74. The van der Waals surface area contributed by atoms with Crippen molar-refractivity contribution in [2.45, 2.75) is 19.1 Å². The Bertz CT molecular complexity index is 793. The van der Waals surface area contributed by atoms with Gasteiger partial charge in [0.15, 0.2) is 5.04 Å². The smallest absolute Gasteiger partial charge is 0.328 e. The molecule has 0 aliphatic carbocycles. The van der Waals surface area contributed by atoms with Gasteiger partial charge < -0.3 is 9.57 Å². The van der Waals surface area contributed by atoms with Crippen molar-refractivity contribution >= 4 is 20.7 Å². The van der Waals surface area contributed by atoms with Crippen LogP contribution in [0.5, 0.6) is 0 Å². The minimum atomic E-state index is -3.40. The highest BCUT2D eigenvalue weighted by Crippen LogP contribution is 2.23. The standard InChI is InChI=1S/C15H16F2N2O4S/c1-3-22-15(20)8-18-24(21,14-7-10(2)23-19-14)9-11-12(16)5-4-6-13(11)17/h4-6H,2-3,7-9H2,1H3. The van der Waals surface area contributed by atoms with Crippen LogP contribution in [0.1, 0.15) is 18.9 Å². The first-order valence-electron chi connectivity index (χ1n) is 7.06. The van der Waals surface area contributed by atoms with E-state index in [1.165, 1.54) is 6.07 Å². The highest BCUT2D eigenvalue weighted by molar-refractivity contribution is 8.07. The van der Waals surface area contributed by atoms with E-state index < -0.39 is 45.2 Å². The highest BCUT2D eigenvalue weighted by Gasteiger charge is 2.28. The first kappa shape index (κ1) is 18.1. The predicted molar refractivity (Wildman–Crippen MR) is 84.4 cm³/mol. The molecular formula is C15H16F2N2O4S. The van der Waals surface area contributed by atoms with E-state index >= 15 is 0 Å². The number of carbonyl (C=O) groups is 1. The van der Waals surface area contributed by atoms with Gasteiger partial charge >= 0.3 is 5.97 Å². The Balaban J connectivity index is 2.40. The maximum Gasteiger partial charge on any atom is 0.328 e. The normalized spacial score (nSPS) is 16.1. The molecule has 1 unspecified atom stereocenters. The topological polar surface area (TPSA) is 77.3 Å². The molecule has 1 atom stereocenters. The Morgan fingerprint density at radius 3 is 2.67 bits per heavy atom. The molecule has 0 radical (unpaired) electrons. The van der Waals surface area contributed by atoms with Gasteiger partial charge in [0.2, 0.25) is 0 Å². The van der Waals surface area contributed by atoms with Crippen LogP contribution in [0.15, 0.2) is 40.1 Å². The summed E-state index contributed by atoms with van der Waals surface area (Å²) in [5.41, 5.74) is -0.393. The fraction of sp³-hybridized carbons (Fsp3) is 0.333. The fourth-order valence-corrected chi connectivity index (χ4v) is 3.88. The minimum absolute atomic E-state index is 0.0144. The molecule has 9 heteroatoms. The summed E-state index contributed by atoms with van der Waals surface area (Å²) in [6.45, 7) is 4.77. The van der Waals surface area contributed by atoms with Crippen LogP contribution >= 0.6 is 0 Å². The van der Waals surface area contributed by atoms with Crippen LogP contribution in [0.3, 0.4) is 0 Å². The molecule has 1 aromatic carbocycles. The first-order chi connectivity index (χ1) is 11.4. The second kappa shape index (κ2) is 7.52. The Hall–Kier alpha value is -2.29. The molecule has 0 saturated carbocycles. The van der Waals surface area contributed by atoms with E-state index in [4.69, 9.17) is 9.57 Å². The molecule has 0 fully saturated rings. The lowest BCUT2D eigenvalue weighted by atomic mass is 10.2. The van der Waals surface area contributed by atoms with E-state index in [0.29, 0.717) is 0 Å². The van der Waals surface area contributed by atoms with E-state index in [1.807, 2.05) is 0 Å². The number of nitrogens with zero attached hydrogens (tertiary/aromatic N) is 2. The third-order valence-electron chi connectivity index (χ3n) is 3.10. The zero-order valence-electron chi connectivity index (χ0n) is 13.0. The molecule has 2 rings (SSSR count). The molecule has 0 spiro atoms. The Morgan fingerprint density at radius 1 is 1.46 bits per heavy atom. The monoisotopic (exact) mass is 358 g/mol. The van der Waals surface area contributed by atoms with E-state index in [-0.39, 0.29) is 23.8 Å². The number of hydrogen-bond acceptors (Lipinski definition) is 6. The van der Waals surface area contributed by atoms with Gasteiger partial charge in [-0.1, -0.05) is 17.8 Å². The molecule has 0 aromatic heterocycles. The van der Waals surface area contributed by atoms with Gasteiger partial charge in [-0.15, -0.1) is 0 Å². The first-order valence-corrected chi connectivity index (χ1v) is 8.75. The quantitative estimate of drug-likeness (QED) is 0.759. The summed E-state index contributed by atoms with van der Waals surface area (Å²) in [6, 6.07) is 3.30. The summed E-state index contributed by atoms with van der Waals surface area (Å²) in [6.07, 6.45) is 0.0151. The number of allylic oxidation sites excluding steroid dienone is 1. The lowest BCUT2D eigenvalue weighted by molar-refractivity contribution is -0.141. The van der Waals surface area contributed by atoms with Crippen molar-refractivity contribution in [1.82, 2.24) is 0 Å². The van der Waals surface area contributed by atoms with Gasteiger partial charge in [0.05, 0.1) is 28.5 Å². The molecule has 0 N–H and O–H groups in total. The van der Waals surface area contributed by atoms with Crippen LogP contribution in [-0.4, -0.2) is 28.4 Å². The molecule has 1 aromatic rings. The third kappa shape index (κ3) is 4.16. The van der Waals surface area contributed by atoms with Gasteiger partial charge in [0.1, 0.15) is 23.9 Å². The average molecular weight is 358 g/mol. The van der Waals surface area contributed by atoms with Crippen molar-refractivity contribution in [1.29, 1.82) is 0 Å². The maximum absolute atomic E-state index is 13.9. The molecule has 0 bridgehead atoms. The number of esters is 1. The maximum atomic E-state index is 13.9. The summed E-state index contributed by atoms with van der Waals surface area (Å²) >= 11 is 0. The molecule has 24 heavy (non-hydrogen) atoms. The van der Waals surface area contributed by atoms with Gasteiger partial charge in [-0.2, -0.15) is 0 Å². The number of ether oxygens (including phenoxy) is 1. The van der Waals surface area contributed by atoms with E-state index in [2.05, 4.69) is 16.1 Å². The lowest BCUT2D eigenvalue weighted by Gasteiger charge is -2.10. The fourth-order valence-electron chi connectivity index (χ4n) is 1.95. The van der Waals surface area contributed by atoms with Crippen molar-refractivity contribution in [3.8, 4) is 0 Å². The number of carbonyl (C=O) groups excluding carboxylic acids is 1. The molecular weight excluding hydrogens is 342 g/mol. The predicted octanol–water partition coefficient (Wildman–Crippen LogP) is 2.74. The number of halogens is 2. The molecule has 0 amide bonds. The second-order valence-corrected chi connectivity index (χ2v) is 7.17. The largest absolute Gasteiger partial charge is 0.465 e. The Kier molecular flexibility index (Phi) is 5.66. The van der Waals surface area contributed by atoms with Crippen molar-refractivity contribution in [2.24, 2.45) is 9.52 Å². The van der Waals surface area contributed by atoms with E-state index in [1.54, 1.807) is 6.92 Å². The zero-order chi connectivity index (χ0) is 17.7. The molecule has 6 nitrogen and oxygen atoms in total. The lowest BCUT2D eigenvalue weighted by Crippen LogP contribution is -2.19. The summed E-state index contributed by atoms with van der Waals surface area (Å²) in [7, 11) is -3.40. The zero-order valence-corrected chi connectivity index (χ0v) is 13.8. The summed E-state index contributed by atoms with van der Waals surface area (Å²) in [4.78, 5) is 16.3. The number of hydrogen-bond donors (Lipinski definition) is 0. The highest BCUT2D eigenvalue weighted by atomic mass is 32.2. The van der Waals surface area contributed by atoms with Crippen molar-refractivity contribution in [3.63, 3.8) is 0 Å².